The van der Waals surface area contributed by atoms with E-state index in [-0.39, 0.29) is 4.73 Å². The van der Waals surface area contributed by atoms with Crippen molar-refractivity contribution in [3.05, 3.63) is 38.5 Å². The van der Waals surface area contributed by atoms with Gasteiger partial charge in [0.1, 0.15) is 0 Å². The molecule has 0 aromatic carbocycles. The molecule has 0 radical (unpaired) electrons. The Morgan fingerprint density at radius 3 is 2.73 bits per heavy atom. The van der Waals surface area contributed by atoms with Gasteiger partial charge >= 0.3 is 11.1 Å². The lowest BCUT2D eigenvalue weighted by atomic mass is 10.4. The number of pyridine rings is 1. The van der Waals surface area contributed by atoms with Crippen LogP contribution in [0.15, 0.2) is 15.7 Å². The Hall–Kier alpha value is -2.25. The van der Waals surface area contributed by atoms with E-state index in [4.69, 9.17) is 5.21 Å². The topological polar surface area (TPSA) is 88.0 Å². The van der Waals surface area contributed by atoms with Crippen LogP contribution in [0, 0.1) is 11.8 Å². The van der Waals surface area contributed by atoms with Crippen molar-refractivity contribution in [1.29, 1.82) is 0 Å². The molecule has 0 saturated heterocycles. The van der Waals surface area contributed by atoms with Gasteiger partial charge in [-0.2, -0.15) is 9.37 Å². The molecule has 2 aromatic rings. The van der Waals surface area contributed by atoms with Gasteiger partial charge in [0.25, 0.3) is 0 Å². The van der Waals surface area contributed by atoms with Crippen LogP contribution in [-0.2, 0) is 0 Å². The first-order valence-corrected chi connectivity index (χ1v) is 3.71. The predicted molar refractivity (Wildman–Crippen MR) is 43.7 cm³/mol. The van der Waals surface area contributed by atoms with Crippen molar-refractivity contribution >= 4 is 11.2 Å². The van der Waals surface area contributed by atoms with E-state index in [1.54, 1.807) is 0 Å². The first-order valence-electron chi connectivity index (χ1n) is 3.71. The van der Waals surface area contributed by atoms with E-state index < -0.39 is 34.0 Å². The minimum absolute atomic E-state index is 0.212. The van der Waals surface area contributed by atoms with Crippen LogP contribution in [0.5, 0.6) is 0 Å². The molecule has 15 heavy (non-hydrogen) atoms. The zero-order valence-electron chi connectivity index (χ0n) is 6.99. The summed E-state index contributed by atoms with van der Waals surface area (Å²) in [5, 5.41) is 9.09. The Kier molecular flexibility index (Phi) is 1.78. The number of hydrogen-bond donors (Lipinski definition) is 2. The normalized spacial score (nSPS) is 10.8. The molecule has 2 heterocycles. The monoisotopic (exact) mass is 215 g/mol. The predicted octanol–water partition coefficient (Wildman–Crippen LogP) is -0.400. The van der Waals surface area contributed by atoms with Crippen molar-refractivity contribution in [3.8, 4) is 0 Å². The second-order valence-electron chi connectivity index (χ2n) is 2.70. The second-order valence-corrected chi connectivity index (χ2v) is 2.70. The van der Waals surface area contributed by atoms with Gasteiger partial charge in [-0.3, -0.25) is 9.59 Å². The van der Waals surface area contributed by atoms with Gasteiger partial charge in [0.2, 0.25) is 5.95 Å². The van der Waals surface area contributed by atoms with E-state index in [2.05, 4.69) is 4.98 Å². The second kappa shape index (κ2) is 2.87. The smallest absolute Gasteiger partial charge is 0.349 e. The number of aromatic nitrogens is 3. The van der Waals surface area contributed by atoms with Crippen LogP contribution in [0.2, 0.25) is 0 Å². The zero-order valence-corrected chi connectivity index (χ0v) is 6.99. The first kappa shape index (κ1) is 9.31. The fourth-order valence-electron chi connectivity index (χ4n) is 1.13. The number of hydrogen-bond acceptors (Lipinski definition) is 4. The maximum Gasteiger partial charge on any atom is 0.349 e. The molecule has 0 fully saturated rings. The molecule has 0 atom stereocenters. The summed E-state index contributed by atoms with van der Waals surface area (Å²) in [5.74, 6) is -2.37. The molecule has 2 N–H and O–H groups in total. The van der Waals surface area contributed by atoms with Gasteiger partial charge in [0, 0.05) is 6.07 Å². The van der Waals surface area contributed by atoms with Crippen molar-refractivity contribution in [2.45, 2.75) is 0 Å². The van der Waals surface area contributed by atoms with Gasteiger partial charge in [0.05, 0.1) is 0 Å². The third kappa shape index (κ3) is 1.26. The summed E-state index contributed by atoms with van der Waals surface area (Å²) < 4.78 is 25.5. The summed E-state index contributed by atoms with van der Waals surface area (Å²) in [4.78, 5) is 26.7. The lowest BCUT2D eigenvalue weighted by Gasteiger charge is -2.02. The van der Waals surface area contributed by atoms with E-state index in [1.807, 2.05) is 4.98 Å². The molecule has 0 aliphatic heterocycles. The molecule has 0 bridgehead atoms. The molecule has 2 aromatic heterocycles. The van der Waals surface area contributed by atoms with Crippen LogP contribution in [-0.4, -0.2) is 19.9 Å². The highest BCUT2D eigenvalue weighted by Gasteiger charge is 2.13. The van der Waals surface area contributed by atoms with Crippen molar-refractivity contribution < 1.29 is 14.0 Å². The molecule has 0 unspecified atom stereocenters. The van der Waals surface area contributed by atoms with E-state index in [9.17, 15) is 18.4 Å². The molecule has 6 nitrogen and oxygen atoms in total. The summed E-state index contributed by atoms with van der Waals surface area (Å²) in [6.07, 6.45) is 0. The number of H-pyrrole nitrogens is 1. The zero-order chi connectivity index (χ0) is 11.2. The molecule has 0 spiro atoms. The summed E-state index contributed by atoms with van der Waals surface area (Å²) in [6.45, 7) is 0. The largest absolute Gasteiger partial charge is 0.424 e. The molecule has 0 aliphatic rings. The van der Waals surface area contributed by atoms with Gasteiger partial charge in [-0.25, -0.2) is 4.39 Å². The molecule has 0 amide bonds. The quantitative estimate of drug-likeness (QED) is 0.355. The summed E-state index contributed by atoms with van der Waals surface area (Å²) in [7, 11) is 0. The highest BCUT2D eigenvalue weighted by atomic mass is 19.1. The van der Waals surface area contributed by atoms with Crippen LogP contribution < -0.4 is 11.1 Å². The van der Waals surface area contributed by atoms with E-state index in [1.165, 1.54) is 0 Å². The minimum Gasteiger partial charge on any atom is -0.424 e. The third-order valence-corrected chi connectivity index (χ3v) is 1.75. The standard InChI is InChI=1S/C7H3F2N3O3/c8-2-1-3(9)10-5-4(2)12(15)7(14)6(13)11-5/h1,15H,(H,10,11,13). The van der Waals surface area contributed by atoms with Gasteiger partial charge in [-0.15, -0.1) is 4.73 Å². The van der Waals surface area contributed by atoms with E-state index in [0.29, 0.717) is 6.07 Å². The van der Waals surface area contributed by atoms with E-state index >= 15 is 0 Å². The number of fused-ring (bicyclic) bond motifs is 1. The highest BCUT2D eigenvalue weighted by molar-refractivity contribution is 5.69. The average molecular weight is 215 g/mol. The summed E-state index contributed by atoms with van der Waals surface area (Å²) >= 11 is 0. The third-order valence-electron chi connectivity index (χ3n) is 1.75. The lowest BCUT2D eigenvalue weighted by Crippen LogP contribution is -2.36. The molecule has 78 valence electrons. The molecular weight excluding hydrogens is 212 g/mol. The Morgan fingerprint density at radius 1 is 1.40 bits per heavy atom. The average Bonchev–Trinajstić information content (AvgIpc) is 2.13. The van der Waals surface area contributed by atoms with Crippen LogP contribution in [0.1, 0.15) is 0 Å². The molecule has 0 saturated carbocycles. The van der Waals surface area contributed by atoms with Gasteiger partial charge in [0.15, 0.2) is 17.0 Å². The molecular formula is C7H3F2N3O3. The molecule has 2 rings (SSSR count). The number of nitrogens with one attached hydrogen (secondary N) is 1. The Labute approximate surface area is 79.4 Å². The summed E-state index contributed by atoms with van der Waals surface area (Å²) in [6, 6.07) is 0.382. The fourth-order valence-corrected chi connectivity index (χ4v) is 1.13. The van der Waals surface area contributed by atoms with Crippen molar-refractivity contribution in [1.82, 2.24) is 14.7 Å². The number of aromatic amines is 1. The van der Waals surface area contributed by atoms with Crippen molar-refractivity contribution in [3.63, 3.8) is 0 Å². The van der Waals surface area contributed by atoms with Crippen LogP contribution in [0.3, 0.4) is 0 Å². The number of halogens is 2. The lowest BCUT2D eigenvalue weighted by molar-refractivity contribution is 0.184. The number of rotatable bonds is 0. The summed E-state index contributed by atoms with van der Waals surface area (Å²) in [5.41, 5.74) is -3.81. The van der Waals surface area contributed by atoms with Gasteiger partial charge in [-0.05, 0) is 0 Å². The SMILES string of the molecule is O=c1[nH]c2nc(F)cc(F)c2n(O)c1=O. The first-order chi connectivity index (χ1) is 7.00. The van der Waals surface area contributed by atoms with Crippen LogP contribution in [0.4, 0.5) is 8.78 Å². The minimum atomic E-state index is -1.37. The maximum atomic E-state index is 13.1. The van der Waals surface area contributed by atoms with Crippen LogP contribution >= 0.6 is 0 Å². The fraction of sp³-hybridized carbons (Fsp3) is 0. The molecule has 8 heteroatoms. The Morgan fingerprint density at radius 2 is 2.07 bits per heavy atom. The van der Waals surface area contributed by atoms with Crippen LogP contribution in [0.25, 0.3) is 11.2 Å². The van der Waals surface area contributed by atoms with Gasteiger partial charge < -0.3 is 10.2 Å². The van der Waals surface area contributed by atoms with Crippen molar-refractivity contribution in [2.24, 2.45) is 0 Å². The molecule has 0 aliphatic carbocycles. The highest BCUT2D eigenvalue weighted by Crippen LogP contribution is 2.10. The Balaban J connectivity index is 3.13. The number of nitrogens with zero attached hydrogens (tertiary/aromatic N) is 2. The van der Waals surface area contributed by atoms with Gasteiger partial charge in [-0.1, -0.05) is 0 Å². The maximum absolute atomic E-state index is 13.1. The van der Waals surface area contributed by atoms with E-state index in [0.717, 1.165) is 0 Å². The Bertz CT molecular complexity index is 661. The van der Waals surface area contributed by atoms with Crippen molar-refractivity contribution in [2.75, 3.05) is 0 Å².